The fraction of sp³-hybridized carbons (Fsp3) is 0.962. The van der Waals surface area contributed by atoms with Gasteiger partial charge in [0.25, 0.3) is 0 Å². The Hall–Kier alpha value is -0.570. The fourth-order valence-electron chi connectivity index (χ4n) is 6.77. The average molecular weight is 406 g/mol. The van der Waals surface area contributed by atoms with Gasteiger partial charge in [0.15, 0.2) is 0 Å². The van der Waals surface area contributed by atoms with Crippen LogP contribution in [0.5, 0.6) is 0 Å². The van der Waals surface area contributed by atoms with Gasteiger partial charge in [-0.05, 0) is 89.1 Å². The number of rotatable bonds is 11. The number of unbranched alkanes of at least 4 members (excludes halogenated alkanes) is 6. The van der Waals surface area contributed by atoms with Crippen LogP contribution in [0, 0.1) is 17.3 Å². The van der Waals surface area contributed by atoms with E-state index in [2.05, 4.69) is 11.8 Å². The molecule has 0 amide bonds. The molecule has 0 atom stereocenters. The molecule has 1 aliphatic heterocycles. The van der Waals surface area contributed by atoms with Gasteiger partial charge < -0.3 is 10.0 Å². The van der Waals surface area contributed by atoms with E-state index in [4.69, 9.17) is 0 Å². The standard InChI is InChI=1S/C26H47NO2/c1-2-3-4-5-6-7-8-11-22-16-18-26(19-17-22,25(28)29)23-12-14-24(15-13-23)27-20-9-10-21-27/h22-24H,2-21H2,1H3,(H,28,29). The van der Waals surface area contributed by atoms with Crippen molar-refractivity contribution in [2.45, 2.75) is 129 Å². The van der Waals surface area contributed by atoms with Crippen LogP contribution in [-0.2, 0) is 4.79 Å². The molecule has 0 aromatic carbocycles. The predicted octanol–water partition coefficient (Wildman–Crippen LogP) is 7.04. The third kappa shape index (κ3) is 6.21. The van der Waals surface area contributed by atoms with Gasteiger partial charge in [-0.25, -0.2) is 0 Å². The summed E-state index contributed by atoms with van der Waals surface area (Å²) in [6, 6.07) is 0.744. The number of aliphatic carboxylic acids is 1. The molecule has 0 spiro atoms. The minimum absolute atomic E-state index is 0.396. The van der Waals surface area contributed by atoms with Crippen LogP contribution in [0.1, 0.15) is 122 Å². The molecule has 1 heterocycles. The van der Waals surface area contributed by atoms with Crippen LogP contribution in [0.2, 0.25) is 0 Å². The largest absolute Gasteiger partial charge is 0.481 e. The van der Waals surface area contributed by atoms with Gasteiger partial charge in [-0.15, -0.1) is 0 Å². The molecule has 168 valence electrons. The third-order valence-corrected chi connectivity index (χ3v) is 8.77. The van der Waals surface area contributed by atoms with Gasteiger partial charge in [0.05, 0.1) is 5.41 Å². The van der Waals surface area contributed by atoms with Crippen LogP contribution < -0.4 is 0 Å². The van der Waals surface area contributed by atoms with Crippen molar-refractivity contribution in [3.05, 3.63) is 0 Å². The van der Waals surface area contributed by atoms with Crippen molar-refractivity contribution in [3.8, 4) is 0 Å². The molecule has 2 aliphatic carbocycles. The topological polar surface area (TPSA) is 40.5 Å². The summed E-state index contributed by atoms with van der Waals surface area (Å²) in [5.74, 6) is 0.744. The first-order chi connectivity index (χ1) is 14.2. The minimum Gasteiger partial charge on any atom is -0.481 e. The molecule has 29 heavy (non-hydrogen) atoms. The molecule has 3 rings (SSSR count). The molecule has 1 N–H and O–H groups in total. The maximum absolute atomic E-state index is 12.4. The number of carboxylic acids is 1. The molecule has 0 bridgehead atoms. The van der Waals surface area contributed by atoms with E-state index in [0.29, 0.717) is 5.92 Å². The van der Waals surface area contributed by atoms with E-state index in [1.807, 2.05) is 0 Å². The summed E-state index contributed by atoms with van der Waals surface area (Å²) in [5, 5.41) is 10.2. The van der Waals surface area contributed by atoms with E-state index < -0.39 is 11.4 Å². The molecule has 0 aromatic rings. The Morgan fingerprint density at radius 3 is 2.03 bits per heavy atom. The zero-order valence-electron chi connectivity index (χ0n) is 19.2. The number of carboxylic acid groups (broad SMARTS) is 1. The van der Waals surface area contributed by atoms with E-state index >= 15 is 0 Å². The van der Waals surface area contributed by atoms with Gasteiger partial charge in [-0.2, -0.15) is 0 Å². The second-order valence-corrected chi connectivity index (χ2v) is 10.6. The number of hydrogen-bond donors (Lipinski definition) is 1. The number of hydrogen-bond acceptors (Lipinski definition) is 2. The van der Waals surface area contributed by atoms with Crippen LogP contribution in [0.15, 0.2) is 0 Å². The quantitative estimate of drug-likeness (QED) is 0.375. The summed E-state index contributed by atoms with van der Waals surface area (Å²) in [5.41, 5.74) is -0.396. The Labute approximate surface area is 180 Å². The molecule has 2 saturated carbocycles. The molecule has 3 nitrogen and oxygen atoms in total. The summed E-state index contributed by atoms with van der Waals surface area (Å²) in [6.07, 6.45) is 22.7. The molecule has 3 heteroatoms. The Balaban J connectivity index is 1.39. The van der Waals surface area contributed by atoms with Crippen LogP contribution in [-0.4, -0.2) is 35.1 Å². The SMILES string of the molecule is CCCCCCCCCC1CCC(C(=O)O)(C2CCC(N3CCCC3)CC2)CC1. The second kappa shape index (κ2) is 11.7. The highest BCUT2D eigenvalue weighted by Crippen LogP contribution is 2.51. The Kier molecular flexibility index (Phi) is 9.34. The van der Waals surface area contributed by atoms with Crippen LogP contribution in [0.3, 0.4) is 0 Å². The van der Waals surface area contributed by atoms with Crippen molar-refractivity contribution in [2.24, 2.45) is 17.3 Å². The Morgan fingerprint density at radius 2 is 1.45 bits per heavy atom. The van der Waals surface area contributed by atoms with Crippen molar-refractivity contribution < 1.29 is 9.90 Å². The maximum Gasteiger partial charge on any atom is 0.309 e. The third-order valence-electron chi connectivity index (χ3n) is 8.77. The van der Waals surface area contributed by atoms with Gasteiger partial charge in [0, 0.05) is 6.04 Å². The number of carbonyl (C=O) groups is 1. The van der Waals surface area contributed by atoms with Crippen LogP contribution in [0.25, 0.3) is 0 Å². The van der Waals surface area contributed by atoms with E-state index in [0.717, 1.165) is 50.5 Å². The first-order valence-corrected chi connectivity index (χ1v) is 13.1. The van der Waals surface area contributed by atoms with Gasteiger partial charge >= 0.3 is 5.97 Å². The monoisotopic (exact) mass is 405 g/mol. The van der Waals surface area contributed by atoms with Crippen molar-refractivity contribution in [1.29, 1.82) is 0 Å². The molecule has 0 aromatic heterocycles. The molecule has 1 saturated heterocycles. The summed E-state index contributed by atoms with van der Waals surface area (Å²) >= 11 is 0. The smallest absolute Gasteiger partial charge is 0.309 e. The first kappa shape index (κ1) is 23.1. The van der Waals surface area contributed by atoms with Crippen molar-refractivity contribution >= 4 is 5.97 Å². The zero-order chi connectivity index (χ0) is 20.5. The highest BCUT2D eigenvalue weighted by Gasteiger charge is 2.48. The Morgan fingerprint density at radius 1 is 0.862 bits per heavy atom. The van der Waals surface area contributed by atoms with Gasteiger partial charge in [-0.1, -0.05) is 58.3 Å². The summed E-state index contributed by atoms with van der Waals surface area (Å²) in [6.45, 7) is 4.83. The highest BCUT2D eigenvalue weighted by atomic mass is 16.4. The molecular weight excluding hydrogens is 358 g/mol. The Bertz CT molecular complexity index is 469. The summed E-state index contributed by atoms with van der Waals surface area (Å²) in [4.78, 5) is 15.1. The zero-order valence-corrected chi connectivity index (χ0v) is 19.2. The normalized spacial score (nSPS) is 33.8. The van der Waals surface area contributed by atoms with Gasteiger partial charge in [0.2, 0.25) is 0 Å². The molecule has 0 radical (unpaired) electrons. The van der Waals surface area contributed by atoms with E-state index in [9.17, 15) is 9.90 Å². The number of likely N-dealkylation sites (tertiary alicyclic amines) is 1. The van der Waals surface area contributed by atoms with E-state index in [1.165, 1.54) is 90.1 Å². The predicted molar refractivity (Wildman–Crippen MR) is 121 cm³/mol. The lowest BCUT2D eigenvalue weighted by molar-refractivity contribution is -0.158. The molecule has 3 fully saturated rings. The van der Waals surface area contributed by atoms with Crippen LogP contribution >= 0.6 is 0 Å². The van der Waals surface area contributed by atoms with Gasteiger partial charge in [-0.3, -0.25) is 4.79 Å². The average Bonchev–Trinajstić information content (AvgIpc) is 3.28. The second-order valence-electron chi connectivity index (χ2n) is 10.6. The molecule has 0 unspecified atom stereocenters. The lowest BCUT2D eigenvalue weighted by Gasteiger charge is -2.46. The van der Waals surface area contributed by atoms with Crippen molar-refractivity contribution in [3.63, 3.8) is 0 Å². The highest BCUT2D eigenvalue weighted by molar-refractivity contribution is 5.75. The lowest BCUT2D eigenvalue weighted by atomic mass is 9.59. The first-order valence-electron chi connectivity index (χ1n) is 13.1. The molecule has 3 aliphatic rings. The molecular formula is C26H47NO2. The van der Waals surface area contributed by atoms with E-state index in [1.54, 1.807) is 0 Å². The minimum atomic E-state index is -0.475. The lowest BCUT2D eigenvalue weighted by Crippen LogP contribution is -2.45. The van der Waals surface area contributed by atoms with Gasteiger partial charge in [0.1, 0.15) is 0 Å². The van der Waals surface area contributed by atoms with E-state index in [-0.39, 0.29) is 0 Å². The van der Waals surface area contributed by atoms with Crippen LogP contribution in [0.4, 0.5) is 0 Å². The summed E-state index contributed by atoms with van der Waals surface area (Å²) in [7, 11) is 0. The van der Waals surface area contributed by atoms with Crippen molar-refractivity contribution in [2.75, 3.05) is 13.1 Å². The maximum atomic E-state index is 12.4. The fourth-order valence-corrected chi connectivity index (χ4v) is 6.77. The summed E-state index contributed by atoms with van der Waals surface area (Å²) < 4.78 is 0. The number of nitrogens with zero attached hydrogens (tertiary/aromatic N) is 1. The van der Waals surface area contributed by atoms with Crippen molar-refractivity contribution in [1.82, 2.24) is 4.90 Å².